The fourth-order valence-corrected chi connectivity index (χ4v) is 3.97. The molecule has 1 saturated heterocycles. The second kappa shape index (κ2) is 8.02. The van der Waals surface area contributed by atoms with Gasteiger partial charge in [-0.05, 0) is 31.9 Å². The summed E-state index contributed by atoms with van der Waals surface area (Å²) in [6.45, 7) is 2.69. The molecule has 0 atom stereocenters. The number of carboxylic acid groups (broad SMARTS) is 1. The number of nitrogens with zero attached hydrogens (tertiary/aromatic N) is 3. The van der Waals surface area contributed by atoms with Crippen molar-refractivity contribution in [1.82, 2.24) is 19.5 Å². The number of likely N-dealkylation sites (tertiary alicyclic amines) is 1. The fourth-order valence-electron chi connectivity index (χ4n) is 3.97. The number of amides is 2. The summed E-state index contributed by atoms with van der Waals surface area (Å²) in [6, 6.07) is 6.96. The van der Waals surface area contributed by atoms with Crippen LogP contribution in [0.5, 0.6) is 0 Å². The highest BCUT2D eigenvalue weighted by Crippen LogP contribution is 2.31. The van der Waals surface area contributed by atoms with E-state index in [1.54, 1.807) is 16.7 Å². The number of carbonyl (C=O) groups is 2. The van der Waals surface area contributed by atoms with E-state index in [9.17, 15) is 19.5 Å². The van der Waals surface area contributed by atoms with Gasteiger partial charge in [0.05, 0.1) is 22.3 Å². The van der Waals surface area contributed by atoms with E-state index in [4.69, 9.17) is 0 Å². The van der Waals surface area contributed by atoms with Crippen LogP contribution < -0.4 is 10.9 Å². The second-order valence-electron chi connectivity index (χ2n) is 7.38. The van der Waals surface area contributed by atoms with Crippen molar-refractivity contribution in [3.05, 3.63) is 52.5 Å². The van der Waals surface area contributed by atoms with E-state index in [-0.39, 0.29) is 23.8 Å². The fraction of sp³-hybridized carbons (Fsp3) is 0.333. The van der Waals surface area contributed by atoms with Crippen molar-refractivity contribution in [3.63, 3.8) is 0 Å². The molecule has 0 radical (unpaired) electrons. The molecule has 0 unspecified atom stereocenters. The molecule has 1 aliphatic heterocycles. The van der Waals surface area contributed by atoms with E-state index >= 15 is 0 Å². The molecule has 1 aromatic carbocycles. The standard InChI is InChI=1S/C21H23N5O4/c1-2-3-7-17(27)22-14-5-4-6-15-19(14)20-23-18(28)12-16(26(20)24-15)13-8-10-25(11-9-13)21(29)30/h2-6,12-13H,7-11H2,1H3,(H,22,27)(H,23,28)(H,29,30)/b3-2+. The smallest absolute Gasteiger partial charge is 0.407 e. The van der Waals surface area contributed by atoms with Crippen molar-refractivity contribution in [2.45, 2.75) is 32.1 Å². The number of rotatable bonds is 4. The Labute approximate surface area is 172 Å². The molecule has 2 aromatic heterocycles. The van der Waals surface area contributed by atoms with Crippen LogP contribution in [0.15, 0.2) is 41.2 Å². The molecule has 30 heavy (non-hydrogen) atoms. The van der Waals surface area contributed by atoms with E-state index in [0.29, 0.717) is 48.2 Å². The molecule has 0 spiro atoms. The molecule has 3 heterocycles. The van der Waals surface area contributed by atoms with Crippen LogP contribution in [0.25, 0.3) is 16.6 Å². The van der Waals surface area contributed by atoms with Gasteiger partial charge in [-0.25, -0.2) is 9.31 Å². The van der Waals surface area contributed by atoms with E-state index in [2.05, 4.69) is 15.4 Å². The first kappa shape index (κ1) is 19.7. The van der Waals surface area contributed by atoms with Gasteiger partial charge >= 0.3 is 6.09 Å². The molecule has 3 aromatic rings. The van der Waals surface area contributed by atoms with Crippen LogP contribution in [0.2, 0.25) is 0 Å². The Balaban J connectivity index is 1.77. The number of hydrogen-bond donors (Lipinski definition) is 3. The Bertz CT molecular complexity index is 1200. The lowest BCUT2D eigenvalue weighted by molar-refractivity contribution is -0.115. The maximum atomic E-state index is 12.4. The van der Waals surface area contributed by atoms with E-state index < -0.39 is 6.09 Å². The number of anilines is 1. The Kier molecular flexibility index (Phi) is 5.26. The number of hydrogen-bond acceptors (Lipinski definition) is 4. The van der Waals surface area contributed by atoms with Crippen LogP contribution in [0.4, 0.5) is 10.5 Å². The molecule has 3 N–H and O–H groups in total. The average molecular weight is 409 g/mol. The number of benzene rings is 1. The van der Waals surface area contributed by atoms with Crippen molar-refractivity contribution >= 4 is 34.2 Å². The summed E-state index contributed by atoms with van der Waals surface area (Å²) in [5, 5.41) is 17.4. The first-order chi connectivity index (χ1) is 14.5. The van der Waals surface area contributed by atoms with Crippen LogP contribution in [-0.4, -0.2) is 49.7 Å². The lowest BCUT2D eigenvalue weighted by Crippen LogP contribution is -2.37. The number of allylic oxidation sites excluding steroid dienone is 1. The van der Waals surface area contributed by atoms with E-state index in [1.165, 1.54) is 11.0 Å². The summed E-state index contributed by atoms with van der Waals surface area (Å²) in [7, 11) is 0. The summed E-state index contributed by atoms with van der Waals surface area (Å²) in [4.78, 5) is 40.1. The molecule has 1 aliphatic rings. The number of aromatic amines is 1. The highest BCUT2D eigenvalue weighted by atomic mass is 16.4. The molecule has 0 aliphatic carbocycles. The minimum Gasteiger partial charge on any atom is -0.465 e. The monoisotopic (exact) mass is 409 g/mol. The number of nitrogens with one attached hydrogen (secondary N) is 2. The van der Waals surface area contributed by atoms with Gasteiger partial charge in [-0.2, -0.15) is 5.10 Å². The van der Waals surface area contributed by atoms with Crippen LogP contribution in [0.3, 0.4) is 0 Å². The van der Waals surface area contributed by atoms with E-state index in [0.717, 1.165) is 5.69 Å². The first-order valence-corrected chi connectivity index (χ1v) is 9.91. The van der Waals surface area contributed by atoms with Crippen molar-refractivity contribution in [2.24, 2.45) is 0 Å². The molecular formula is C21H23N5O4. The third kappa shape index (κ3) is 3.66. The highest BCUT2D eigenvalue weighted by Gasteiger charge is 2.26. The minimum atomic E-state index is -0.923. The normalized spacial score (nSPS) is 15.3. The first-order valence-electron chi connectivity index (χ1n) is 9.91. The third-order valence-corrected chi connectivity index (χ3v) is 5.46. The van der Waals surface area contributed by atoms with Crippen molar-refractivity contribution in [1.29, 1.82) is 0 Å². The molecule has 9 nitrogen and oxygen atoms in total. The maximum absolute atomic E-state index is 12.4. The van der Waals surface area contributed by atoms with Gasteiger partial charge in [0.25, 0.3) is 5.56 Å². The predicted octanol–water partition coefficient (Wildman–Crippen LogP) is 2.94. The van der Waals surface area contributed by atoms with Crippen LogP contribution in [0.1, 0.15) is 37.8 Å². The van der Waals surface area contributed by atoms with Crippen LogP contribution in [-0.2, 0) is 4.79 Å². The second-order valence-corrected chi connectivity index (χ2v) is 7.38. The van der Waals surface area contributed by atoms with Gasteiger partial charge in [-0.3, -0.25) is 9.59 Å². The van der Waals surface area contributed by atoms with Gasteiger partial charge in [0, 0.05) is 31.5 Å². The number of fused-ring (bicyclic) bond motifs is 3. The van der Waals surface area contributed by atoms with Gasteiger partial charge in [-0.1, -0.05) is 18.2 Å². The van der Waals surface area contributed by atoms with Gasteiger partial charge < -0.3 is 20.3 Å². The van der Waals surface area contributed by atoms with Gasteiger partial charge in [0.15, 0.2) is 0 Å². The molecular weight excluding hydrogens is 386 g/mol. The summed E-state index contributed by atoms with van der Waals surface area (Å²) >= 11 is 0. The number of piperidine rings is 1. The zero-order valence-corrected chi connectivity index (χ0v) is 16.6. The molecule has 0 bridgehead atoms. The quantitative estimate of drug-likeness (QED) is 0.572. The molecule has 156 valence electrons. The zero-order valence-electron chi connectivity index (χ0n) is 16.6. The summed E-state index contributed by atoms with van der Waals surface area (Å²) in [5.41, 5.74) is 2.27. The van der Waals surface area contributed by atoms with Crippen molar-refractivity contribution in [2.75, 3.05) is 18.4 Å². The average Bonchev–Trinajstić information content (AvgIpc) is 3.11. The Morgan fingerprint density at radius 1 is 1.33 bits per heavy atom. The summed E-state index contributed by atoms with van der Waals surface area (Å²) < 4.78 is 1.72. The number of carbonyl (C=O) groups excluding carboxylic acids is 1. The molecule has 9 heteroatoms. The van der Waals surface area contributed by atoms with Gasteiger partial charge in [0.2, 0.25) is 5.91 Å². The lowest BCUT2D eigenvalue weighted by atomic mass is 9.93. The molecule has 0 saturated carbocycles. The largest absolute Gasteiger partial charge is 0.465 e. The summed E-state index contributed by atoms with van der Waals surface area (Å²) in [6.07, 6.45) is 4.16. The summed E-state index contributed by atoms with van der Waals surface area (Å²) in [5.74, 6) is -0.132. The molecule has 2 amide bonds. The highest BCUT2D eigenvalue weighted by molar-refractivity contribution is 6.07. The Morgan fingerprint density at radius 3 is 2.80 bits per heavy atom. The van der Waals surface area contributed by atoms with Crippen molar-refractivity contribution in [3.8, 4) is 0 Å². The number of H-pyrrole nitrogens is 1. The number of aromatic nitrogens is 3. The van der Waals surface area contributed by atoms with E-state index in [1.807, 2.05) is 25.1 Å². The Hall–Kier alpha value is -3.62. The SMILES string of the molecule is C/C=C/CC(=O)Nc1cccc2nn3c(C4CCN(C(=O)O)CC4)cc(=O)[nH]c3c12. The predicted molar refractivity (Wildman–Crippen MR) is 113 cm³/mol. The topological polar surface area (TPSA) is 120 Å². The lowest BCUT2D eigenvalue weighted by Gasteiger charge is -2.30. The zero-order chi connectivity index (χ0) is 21.3. The molecule has 4 rings (SSSR count). The minimum absolute atomic E-state index is 0.0208. The maximum Gasteiger partial charge on any atom is 0.407 e. The molecule has 1 fully saturated rings. The third-order valence-electron chi connectivity index (χ3n) is 5.46. The van der Waals surface area contributed by atoms with Gasteiger partial charge in [-0.15, -0.1) is 0 Å². The Morgan fingerprint density at radius 2 is 2.10 bits per heavy atom. The van der Waals surface area contributed by atoms with Crippen LogP contribution in [0, 0.1) is 0 Å². The van der Waals surface area contributed by atoms with Crippen LogP contribution >= 0.6 is 0 Å². The van der Waals surface area contributed by atoms with Crippen molar-refractivity contribution < 1.29 is 14.7 Å². The van der Waals surface area contributed by atoms with Gasteiger partial charge in [0.1, 0.15) is 5.65 Å².